The first-order valence-corrected chi connectivity index (χ1v) is 7.48. The van der Waals surface area contributed by atoms with Gasteiger partial charge in [0.15, 0.2) is 0 Å². The first-order valence-electron chi connectivity index (χ1n) is 7.48. The van der Waals surface area contributed by atoms with Crippen molar-refractivity contribution < 1.29 is 4.74 Å². The van der Waals surface area contributed by atoms with Gasteiger partial charge in [-0.05, 0) is 36.5 Å². The maximum Gasteiger partial charge on any atom is 0.142 e. The number of hydrogen-bond donors (Lipinski definition) is 1. The molecule has 0 radical (unpaired) electrons. The number of rotatable bonds is 7. The van der Waals surface area contributed by atoms with Crippen LogP contribution in [0.25, 0.3) is 11.0 Å². The highest BCUT2D eigenvalue weighted by Gasteiger charge is 2.21. The fourth-order valence-corrected chi connectivity index (χ4v) is 2.35. The van der Waals surface area contributed by atoms with Crippen LogP contribution in [0.4, 0.5) is 0 Å². The minimum absolute atomic E-state index is 0.483. The summed E-state index contributed by atoms with van der Waals surface area (Å²) in [4.78, 5) is 4.50. The minimum atomic E-state index is 0.483. The minimum Gasteiger partial charge on any atom is -0.360 e. The van der Waals surface area contributed by atoms with Crippen LogP contribution in [0, 0.1) is 5.92 Å². The van der Waals surface area contributed by atoms with Gasteiger partial charge in [-0.25, -0.2) is 4.98 Å². The summed E-state index contributed by atoms with van der Waals surface area (Å²) in [6, 6.07) is 4.62. The molecule has 0 atom stereocenters. The fraction of sp³-hybridized carbons (Fsp3) is 0.562. The molecule has 0 aromatic carbocycles. The third kappa shape index (κ3) is 3.19. The average molecular weight is 273 g/mol. The standard InChI is InChI=1S/C16H23N3O/c1-12(2)18-8-14-9-19(11-20-10-13-5-6-13)16-15(14)4-3-7-17-16/h3-4,7,9,12-13,18H,5-6,8,10-11H2,1-2H3. The van der Waals surface area contributed by atoms with Crippen molar-refractivity contribution in [1.82, 2.24) is 14.9 Å². The van der Waals surface area contributed by atoms with E-state index in [9.17, 15) is 0 Å². The van der Waals surface area contributed by atoms with Crippen LogP contribution < -0.4 is 5.32 Å². The second-order valence-corrected chi connectivity index (χ2v) is 5.98. The van der Waals surface area contributed by atoms with Crippen molar-refractivity contribution in [1.29, 1.82) is 0 Å². The zero-order chi connectivity index (χ0) is 13.9. The first kappa shape index (κ1) is 13.6. The van der Waals surface area contributed by atoms with Crippen LogP contribution in [0.15, 0.2) is 24.5 Å². The zero-order valence-electron chi connectivity index (χ0n) is 12.3. The van der Waals surface area contributed by atoms with Gasteiger partial charge < -0.3 is 14.6 Å². The van der Waals surface area contributed by atoms with Gasteiger partial charge >= 0.3 is 0 Å². The lowest BCUT2D eigenvalue weighted by Crippen LogP contribution is -2.21. The molecule has 0 spiro atoms. The molecule has 0 unspecified atom stereocenters. The second kappa shape index (κ2) is 5.94. The van der Waals surface area contributed by atoms with E-state index in [2.05, 4.69) is 41.0 Å². The van der Waals surface area contributed by atoms with Crippen LogP contribution in [0.1, 0.15) is 32.3 Å². The van der Waals surface area contributed by atoms with Crippen LogP contribution in [0.5, 0.6) is 0 Å². The molecule has 20 heavy (non-hydrogen) atoms. The number of fused-ring (bicyclic) bond motifs is 1. The molecule has 2 aromatic heterocycles. The van der Waals surface area contributed by atoms with Crippen LogP contribution >= 0.6 is 0 Å². The zero-order valence-corrected chi connectivity index (χ0v) is 12.3. The van der Waals surface area contributed by atoms with Gasteiger partial charge in [-0.15, -0.1) is 0 Å². The molecule has 108 valence electrons. The normalized spacial score (nSPS) is 15.3. The van der Waals surface area contributed by atoms with Gasteiger partial charge in [-0.3, -0.25) is 0 Å². The van der Waals surface area contributed by atoms with Gasteiger partial charge in [-0.1, -0.05) is 13.8 Å². The van der Waals surface area contributed by atoms with E-state index >= 15 is 0 Å². The van der Waals surface area contributed by atoms with Crippen molar-refractivity contribution in [2.45, 2.75) is 46.0 Å². The van der Waals surface area contributed by atoms with Crippen LogP contribution in [-0.4, -0.2) is 22.2 Å². The number of hydrogen-bond acceptors (Lipinski definition) is 3. The van der Waals surface area contributed by atoms with E-state index in [4.69, 9.17) is 4.74 Å². The van der Waals surface area contributed by atoms with Crippen molar-refractivity contribution in [3.63, 3.8) is 0 Å². The molecule has 1 N–H and O–H groups in total. The van der Waals surface area contributed by atoms with Crippen molar-refractivity contribution >= 4 is 11.0 Å². The Morgan fingerprint density at radius 1 is 1.45 bits per heavy atom. The van der Waals surface area contributed by atoms with E-state index in [0.717, 1.165) is 24.7 Å². The highest BCUT2D eigenvalue weighted by Crippen LogP contribution is 2.29. The van der Waals surface area contributed by atoms with E-state index in [1.807, 2.05) is 12.3 Å². The maximum absolute atomic E-state index is 5.79. The van der Waals surface area contributed by atoms with E-state index in [0.29, 0.717) is 12.8 Å². The van der Waals surface area contributed by atoms with E-state index in [1.54, 1.807) is 0 Å². The Kier molecular flexibility index (Phi) is 4.03. The van der Waals surface area contributed by atoms with Crippen LogP contribution in [0.3, 0.4) is 0 Å². The summed E-state index contributed by atoms with van der Waals surface area (Å²) in [7, 11) is 0. The highest BCUT2D eigenvalue weighted by atomic mass is 16.5. The van der Waals surface area contributed by atoms with Crippen molar-refractivity contribution in [2.75, 3.05) is 6.61 Å². The largest absolute Gasteiger partial charge is 0.360 e. The van der Waals surface area contributed by atoms with E-state index in [-0.39, 0.29) is 0 Å². The molecule has 1 saturated carbocycles. The van der Waals surface area contributed by atoms with Crippen LogP contribution in [0.2, 0.25) is 0 Å². The smallest absolute Gasteiger partial charge is 0.142 e. The summed E-state index contributed by atoms with van der Waals surface area (Å²) in [5.74, 6) is 0.798. The molecule has 3 rings (SSSR count). The number of ether oxygens (including phenoxy) is 1. The van der Waals surface area contributed by atoms with Gasteiger partial charge in [0.05, 0.1) is 6.61 Å². The first-order chi connectivity index (χ1) is 9.74. The van der Waals surface area contributed by atoms with Crippen LogP contribution in [-0.2, 0) is 18.0 Å². The summed E-state index contributed by atoms with van der Waals surface area (Å²) in [5.41, 5.74) is 2.31. The molecule has 0 saturated heterocycles. The Hall–Kier alpha value is -1.39. The Balaban J connectivity index is 1.75. The number of nitrogens with one attached hydrogen (secondary N) is 1. The summed E-state index contributed by atoms with van der Waals surface area (Å²) >= 11 is 0. The lowest BCUT2D eigenvalue weighted by molar-refractivity contribution is 0.0713. The predicted octanol–water partition coefficient (Wildman–Crippen LogP) is 2.92. The molecule has 4 heteroatoms. The lowest BCUT2D eigenvalue weighted by atomic mass is 10.2. The predicted molar refractivity (Wildman–Crippen MR) is 80.4 cm³/mol. The SMILES string of the molecule is CC(C)NCc1cn(COCC2CC2)c2ncccc12. The third-order valence-electron chi connectivity index (χ3n) is 3.70. The van der Waals surface area contributed by atoms with Crippen molar-refractivity contribution in [2.24, 2.45) is 5.92 Å². The Morgan fingerprint density at radius 2 is 2.30 bits per heavy atom. The van der Waals surface area contributed by atoms with Crippen molar-refractivity contribution in [3.8, 4) is 0 Å². The third-order valence-corrected chi connectivity index (χ3v) is 3.70. The Labute approximate surface area is 120 Å². The molecule has 0 bridgehead atoms. The topological polar surface area (TPSA) is 39.1 Å². The molecular formula is C16H23N3O. The Morgan fingerprint density at radius 3 is 3.05 bits per heavy atom. The monoisotopic (exact) mass is 273 g/mol. The maximum atomic E-state index is 5.79. The molecule has 2 aromatic rings. The van der Waals surface area contributed by atoms with E-state index < -0.39 is 0 Å². The summed E-state index contributed by atoms with van der Waals surface area (Å²) < 4.78 is 7.91. The second-order valence-electron chi connectivity index (χ2n) is 5.98. The number of aromatic nitrogens is 2. The molecule has 4 nitrogen and oxygen atoms in total. The molecule has 0 amide bonds. The molecule has 1 fully saturated rings. The van der Waals surface area contributed by atoms with Gasteiger partial charge in [-0.2, -0.15) is 0 Å². The van der Waals surface area contributed by atoms with Crippen molar-refractivity contribution in [3.05, 3.63) is 30.1 Å². The van der Waals surface area contributed by atoms with Gasteiger partial charge in [0.2, 0.25) is 0 Å². The van der Waals surface area contributed by atoms with Gasteiger partial charge in [0, 0.05) is 30.4 Å². The van der Waals surface area contributed by atoms with Gasteiger partial charge in [0.25, 0.3) is 0 Å². The molecular weight excluding hydrogens is 250 g/mol. The average Bonchev–Trinajstić information content (AvgIpc) is 3.19. The quantitative estimate of drug-likeness (QED) is 0.843. The lowest BCUT2D eigenvalue weighted by Gasteiger charge is -2.06. The molecule has 1 aliphatic rings. The molecule has 0 aliphatic heterocycles. The van der Waals surface area contributed by atoms with Gasteiger partial charge in [0.1, 0.15) is 12.4 Å². The molecule has 2 heterocycles. The Bertz CT molecular complexity index is 572. The summed E-state index contributed by atoms with van der Waals surface area (Å²) in [6.07, 6.45) is 6.67. The number of nitrogens with zero attached hydrogens (tertiary/aromatic N) is 2. The summed E-state index contributed by atoms with van der Waals surface area (Å²) in [6.45, 7) is 6.68. The molecule has 1 aliphatic carbocycles. The fourth-order valence-electron chi connectivity index (χ4n) is 2.35. The van der Waals surface area contributed by atoms with E-state index in [1.165, 1.54) is 23.8 Å². The highest BCUT2D eigenvalue weighted by molar-refractivity contribution is 5.80. The number of pyridine rings is 1. The summed E-state index contributed by atoms with van der Waals surface area (Å²) in [5, 5.41) is 4.69.